The summed E-state index contributed by atoms with van der Waals surface area (Å²) in [4.78, 5) is 20.4. The molecule has 0 atom stereocenters. The third-order valence-electron chi connectivity index (χ3n) is 3.68. The molecule has 22 heavy (non-hydrogen) atoms. The van der Waals surface area contributed by atoms with Crippen molar-refractivity contribution in [1.82, 2.24) is 0 Å². The van der Waals surface area contributed by atoms with Crippen LogP contribution in [0.15, 0.2) is 0 Å². The number of hydrogen-bond donors (Lipinski definition) is 0. The first-order valence-electron chi connectivity index (χ1n) is 8.58. The second-order valence-corrected chi connectivity index (χ2v) is 7.50. The Labute approximate surface area is 149 Å². The first-order valence-corrected chi connectivity index (χ1v) is 10.0. The topological polar surface area (TPSA) is 72.4 Å². The molecule has 128 valence electrons. The molecular weight excluding hydrogens is 353 g/mol. The van der Waals surface area contributed by atoms with Gasteiger partial charge in [0.05, 0.1) is 14.4 Å². The van der Waals surface area contributed by atoms with E-state index in [9.17, 15) is 14.4 Å². The molecule has 0 radical (unpaired) electrons. The molecule has 6 heteroatoms. The van der Waals surface area contributed by atoms with Crippen LogP contribution in [0.1, 0.15) is 90.9 Å². The molecule has 0 rings (SSSR count). The van der Waals surface area contributed by atoms with E-state index < -0.39 is 7.82 Å². The Morgan fingerprint density at radius 3 is 1.50 bits per heavy atom. The molecule has 0 aliphatic rings. The van der Waals surface area contributed by atoms with Crippen molar-refractivity contribution in [3.05, 3.63) is 0 Å². The second kappa shape index (κ2) is 16.6. The van der Waals surface area contributed by atoms with Gasteiger partial charge in [-0.05, 0) is 12.3 Å². The van der Waals surface area contributed by atoms with E-state index in [0.29, 0.717) is 6.42 Å². The van der Waals surface area contributed by atoms with E-state index in [1.54, 1.807) is 0 Å². The summed E-state index contributed by atoms with van der Waals surface area (Å²) >= 11 is 0. The predicted octanol–water partition coefficient (Wildman–Crippen LogP) is 4.17. The van der Waals surface area contributed by atoms with Crippen molar-refractivity contribution in [2.45, 2.75) is 90.9 Å². The zero-order valence-corrected chi connectivity index (χ0v) is 18.4. The quantitative estimate of drug-likeness (QED) is 0.241. The Morgan fingerprint density at radius 1 is 0.773 bits per heavy atom. The van der Waals surface area contributed by atoms with Gasteiger partial charge in [-0.15, -0.1) is 0 Å². The van der Waals surface area contributed by atoms with E-state index in [2.05, 4.69) is 18.4 Å². The predicted molar refractivity (Wildman–Crippen MR) is 83.8 cm³/mol. The minimum absolute atomic E-state index is 0. The van der Waals surface area contributed by atoms with E-state index in [-0.39, 0.29) is 26.1 Å². The van der Waals surface area contributed by atoms with Crippen LogP contribution in [0.2, 0.25) is 0 Å². The summed E-state index contributed by atoms with van der Waals surface area (Å²) in [7, 11) is -4.75. The first kappa shape index (κ1) is 25.0. The molecule has 0 aromatic rings. The van der Waals surface area contributed by atoms with Gasteiger partial charge in [-0.2, -0.15) is 0 Å². The summed E-state index contributed by atoms with van der Waals surface area (Å²) in [6, 6.07) is 0. The summed E-state index contributed by atoms with van der Waals surface area (Å²) in [6.45, 7) is 4.61. The molecule has 0 aromatic heterocycles. The van der Waals surface area contributed by atoms with E-state index in [4.69, 9.17) is 0 Å². The van der Waals surface area contributed by atoms with Crippen LogP contribution in [0, 0.1) is 5.92 Å². The van der Waals surface area contributed by atoms with Crippen molar-refractivity contribution in [1.29, 1.82) is 0 Å². The number of phosphoric ester groups is 1. The second-order valence-electron chi connectivity index (χ2n) is 6.35. The maximum absolute atomic E-state index is 10.2. The Morgan fingerprint density at radius 2 is 1.14 bits per heavy atom. The van der Waals surface area contributed by atoms with Gasteiger partial charge in [0.25, 0.3) is 0 Å². The molecule has 4 nitrogen and oxygen atoms in total. The smallest absolute Gasteiger partial charge is 0.790 e. The van der Waals surface area contributed by atoms with Crippen molar-refractivity contribution in [3.8, 4) is 0 Å². The summed E-state index contributed by atoms with van der Waals surface area (Å²) in [5.74, 6) is 0.838. The molecule has 0 unspecified atom stereocenters. The van der Waals surface area contributed by atoms with E-state index >= 15 is 0 Å². The maximum atomic E-state index is 10.2. The molecule has 0 amide bonds. The van der Waals surface area contributed by atoms with Crippen LogP contribution >= 0.6 is 7.82 Å². The molecule has 0 spiro atoms. The maximum Gasteiger partial charge on any atom is 2.00 e. The van der Waals surface area contributed by atoms with Crippen LogP contribution in [0.3, 0.4) is 0 Å². The van der Waals surface area contributed by atoms with Crippen LogP contribution in [0.4, 0.5) is 0 Å². The average molecular weight is 386 g/mol. The summed E-state index contributed by atoms with van der Waals surface area (Å²) in [6.07, 6.45) is 14.6. The van der Waals surface area contributed by atoms with Crippen LogP contribution < -0.4 is 9.79 Å². The third kappa shape index (κ3) is 23.0. The van der Waals surface area contributed by atoms with E-state index in [1.807, 2.05) is 0 Å². The van der Waals surface area contributed by atoms with Gasteiger partial charge in [0.2, 0.25) is 0 Å². The molecule has 0 heterocycles. The largest absolute Gasteiger partial charge is 2.00 e. The standard InChI is InChI=1S/C16H35O4P.Zn/c1-16(2)14-12-10-8-6-4-3-5-7-9-11-13-15-20-21(17,18)19;/h16H,3-15H2,1-2H3,(H2,17,18,19);/q;+2/p-2. The van der Waals surface area contributed by atoms with Crippen molar-refractivity contribution in [2.75, 3.05) is 6.61 Å². The molecule has 0 aliphatic carbocycles. The number of phosphoric acid groups is 1. The Kier molecular flexibility index (Phi) is 18.8. The summed E-state index contributed by atoms with van der Waals surface area (Å²) < 4.78 is 14.4. The Bertz CT molecular complexity index is 269. The third-order valence-corrected chi connectivity index (χ3v) is 4.17. The normalized spacial score (nSPS) is 11.7. The van der Waals surface area contributed by atoms with Gasteiger partial charge in [0.15, 0.2) is 0 Å². The van der Waals surface area contributed by atoms with Crippen LogP contribution in [0.5, 0.6) is 0 Å². The number of hydrogen-bond acceptors (Lipinski definition) is 4. The average Bonchev–Trinajstić information content (AvgIpc) is 2.37. The summed E-state index contributed by atoms with van der Waals surface area (Å²) in [5.41, 5.74) is 0. The van der Waals surface area contributed by atoms with Gasteiger partial charge < -0.3 is 18.9 Å². The fourth-order valence-corrected chi connectivity index (χ4v) is 2.77. The van der Waals surface area contributed by atoms with Gasteiger partial charge in [0.1, 0.15) is 0 Å². The molecule has 0 bridgehead atoms. The zero-order chi connectivity index (χ0) is 16.0. The van der Waals surface area contributed by atoms with Crippen LogP contribution in [0.25, 0.3) is 0 Å². The minimum Gasteiger partial charge on any atom is -0.790 e. The molecule has 0 fully saturated rings. The fourth-order valence-electron chi connectivity index (χ4n) is 2.42. The van der Waals surface area contributed by atoms with Gasteiger partial charge >= 0.3 is 19.5 Å². The Balaban J connectivity index is 0. The molecule has 0 aliphatic heterocycles. The zero-order valence-electron chi connectivity index (χ0n) is 14.6. The van der Waals surface area contributed by atoms with Crippen LogP contribution in [-0.2, 0) is 28.6 Å². The SMILES string of the molecule is CC(C)CCCCCCCCCCCCCOP(=O)([O-])[O-].[Zn+2]. The fraction of sp³-hybridized carbons (Fsp3) is 1.00. The van der Waals surface area contributed by atoms with Gasteiger partial charge in [-0.25, -0.2) is 0 Å². The van der Waals surface area contributed by atoms with Crippen molar-refractivity contribution < 1.29 is 38.4 Å². The Hall–Kier alpha value is 0.733. The molecule has 0 aromatic carbocycles. The van der Waals surface area contributed by atoms with E-state index in [0.717, 1.165) is 18.8 Å². The molecular formula is C16H33O4PZn. The van der Waals surface area contributed by atoms with Crippen LogP contribution in [-0.4, -0.2) is 6.61 Å². The van der Waals surface area contributed by atoms with Gasteiger partial charge in [0, 0.05) is 0 Å². The monoisotopic (exact) mass is 384 g/mol. The molecule has 0 saturated carbocycles. The van der Waals surface area contributed by atoms with Gasteiger partial charge in [-0.1, -0.05) is 84.5 Å². The molecule has 0 N–H and O–H groups in total. The number of unbranched alkanes of at least 4 members (excludes halogenated alkanes) is 10. The summed E-state index contributed by atoms with van der Waals surface area (Å²) in [5, 5.41) is 0. The van der Waals surface area contributed by atoms with Crippen molar-refractivity contribution >= 4 is 7.82 Å². The molecule has 0 saturated heterocycles. The van der Waals surface area contributed by atoms with E-state index in [1.165, 1.54) is 57.8 Å². The van der Waals surface area contributed by atoms with Gasteiger partial charge in [-0.3, -0.25) is 0 Å². The minimum atomic E-state index is -4.75. The number of rotatable bonds is 15. The van der Waals surface area contributed by atoms with Crippen molar-refractivity contribution in [2.24, 2.45) is 5.92 Å². The first-order chi connectivity index (χ1) is 9.92. The van der Waals surface area contributed by atoms with Crippen molar-refractivity contribution in [3.63, 3.8) is 0 Å².